The quantitative estimate of drug-likeness (QED) is 0.700. The Kier molecular flexibility index (Phi) is 5.69. The van der Waals surface area contributed by atoms with Crippen LogP contribution >= 0.6 is 11.6 Å². The van der Waals surface area contributed by atoms with Crippen LogP contribution in [0.15, 0.2) is 24.3 Å². The predicted octanol–water partition coefficient (Wildman–Crippen LogP) is 4.04. The Labute approximate surface area is 167 Å². The van der Waals surface area contributed by atoms with Gasteiger partial charge >= 0.3 is 12.1 Å². The highest BCUT2D eigenvalue weighted by Gasteiger charge is 2.34. The lowest BCUT2D eigenvalue weighted by Gasteiger charge is -2.22. The van der Waals surface area contributed by atoms with Gasteiger partial charge in [-0.15, -0.1) is 0 Å². The van der Waals surface area contributed by atoms with Crippen molar-refractivity contribution in [2.24, 2.45) is 0 Å². The maximum atomic E-state index is 12.1. The number of pyridine rings is 2. The zero-order chi connectivity index (χ0) is 20.4. The number of hydrogen-bond donors (Lipinski definition) is 2. The lowest BCUT2D eigenvalue weighted by molar-refractivity contribution is 0.0691. The third-order valence-electron chi connectivity index (χ3n) is 4.53. The smallest absolute Gasteiger partial charge is 0.415 e. The van der Waals surface area contributed by atoms with Crippen molar-refractivity contribution >= 4 is 35.2 Å². The minimum Gasteiger partial charge on any atom is -0.476 e. The highest BCUT2D eigenvalue weighted by Crippen LogP contribution is 2.28. The molecule has 1 aliphatic rings. The lowest BCUT2D eigenvalue weighted by Crippen LogP contribution is -2.34. The van der Waals surface area contributed by atoms with Crippen LogP contribution in [0.4, 0.5) is 16.3 Å². The Balaban J connectivity index is 1.91. The van der Waals surface area contributed by atoms with Crippen molar-refractivity contribution in [3.63, 3.8) is 0 Å². The average Bonchev–Trinajstić information content (AvgIpc) is 3.03. The van der Waals surface area contributed by atoms with Gasteiger partial charge < -0.3 is 15.2 Å². The van der Waals surface area contributed by atoms with Gasteiger partial charge in [-0.1, -0.05) is 18.5 Å². The molecule has 0 unspecified atom stereocenters. The Morgan fingerprint density at radius 1 is 1.43 bits per heavy atom. The number of aromatic carboxylic acids is 1. The van der Waals surface area contributed by atoms with E-state index < -0.39 is 12.1 Å². The van der Waals surface area contributed by atoms with Crippen LogP contribution < -0.4 is 10.2 Å². The van der Waals surface area contributed by atoms with Gasteiger partial charge in [-0.2, -0.15) is 0 Å². The SMILES string of the molecule is CC[C@H]1COC(=O)N1c1cc(C)cc([C@@H](C)Nc2ccc(Cl)nc2C(=O)O)n1. The van der Waals surface area contributed by atoms with E-state index in [9.17, 15) is 14.7 Å². The molecule has 3 heterocycles. The number of rotatable bonds is 6. The molecule has 0 aromatic carbocycles. The largest absolute Gasteiger partial charge is 0.476 e. The van der Waals surface area contributed by atoms with Crippen molar-refractivity contribution in [1.82, 2.24) is 9.97 Å². The molecule has 28 heavy (non-hydrogen) atoms. The van der Waals surface area contributed by atoms with Crippen LogP contribution in [0.1, 0.15) is 48.1 Å². The Bertz CT molecular complexity index is 921. The second kappa shape index (κ2) is 8.02. The lowest BCUT2D eigenvalue weighted by atomic mass is 10.1. The number of nitrogens with zero attached hydrogens (tertiary/aromatic N) is 3. The third-order valence-corrected chi connectivity index (χ3v) is 4.75. The summed E-state index contributed by atoms with van der Waals surface area (Å²) < 4.78 is 5.16. The molecule has 1 fully saturated rings. The number of aromatic nitrogens is 2. The second-order valence-corrected chi connectivity index (χ2v) is 7.03. The molecule has 0 aliphatic carbocycles. The number of nitrogens with one attached hydrogen (secondary N) is 1. The maximum absolute atomic E-state index is 12.1. The minimum absolute atomic E-state index is 0.0583. The Hall–Kier alpha value is -2.87. The number of carbonyl (C=O) groups is 2. The number of carbonyl (C=O) groups excluding carboxylic acids is 1. The molecule has 0 radical (unpaired) electrons. The molecule has 9 heteroatoms. The first-order valence-electron chi connectivity index (χ1n) is 8.91. The summed E-state index contributed by atoms with van der Waals surface area (Å²) in [6.45, 7) is 6.09. The normalized spacial score (nSPS) is 17.4. The standard InChI is InChI=1S/C19H21ClN4O4/c1-4-12-9-28-19(27)24(12)16-8-10(2)7-14(22-16)11(3)21-13-5-6-15(20)23-17(13)18(25)26/h5-8,11-12,21H,4,9H2,1-3H3,(H,25,26)/t11-,12+/m1/s1. The molecule has 0 saturated carbocycles. The zero-order valence-electron chi connectivity index (χ0n) is 15.8. The summed E-state index contributed by atoms with van der Waals surface area (Å²) in [5, 5.41) is 12.6. The molecule has 3 rings (SSSR count). The second-order valence-electron chi connectivity index (χ2n) is 6.64. The molecule has 1 amide bonds. The van der Waals surface area contributed by atoms with Gasteiger partial charge in [0.15, 0.2) is 5.69 Å². The van der Waals surface area contributed by atoms with Crippen LogP contribution in [-0.4, -0.2) is 39.8 Å². The summed E-state index contributed by atoms with van der Waals surface area (Å²) in [4.78, 5) is 33.6. The fraction of sp³-hybridized carbons (Fsp3) is 0.368. The first kappa shape index (κ1) is 19.9. The van der Waals surface area contributed by atoms with Crippen molar-refractivity contribution in [1.29, 1.82) is 0 Å². The van der Waals surface area contributed by atoms with Crippen LogP contribution in [0.3, 0.4) is 0 Å². The molecule has 1 aliphatic heterocycles. The highest BCUT2D eigenvalue weighted by atomic mass is 35.5. The van der Waals surface area contributed by atoms with Crippen molar-refractivity contribution in [2.45, 2.75) is 39.3 Å². The van der Waals surface area contributed by atoms with Crippen LogP contribution in [-0.2, 0) is 4.74 Å². The van der Waals surface area contributed by atoms with Crippen molar-refractivity contribution in [3.8, 4) is 0 Å². The molecule has 2 atom stereocenters. The molecule has 0 spiro atoms. The molecule has 2 aromatic heterocycles. The molecule has 8 nitrogen and oxygen atoms in total. The fourth-order valence-electron chi connectivity index (χ4n) is 3.08. The Morgan fingerprint density at radius 3 is 2.86 bits per heavy atom. The molecule has 2 N–H and O–H groups in total. The molecule has 0 bridgehead atoms. The maximum Gasteiger partial charge on any atom is 0.415 e. The van der Waals surface area contributed by atoms with Gasteiger partial charge in [0.05, 0.1) is 23.5 Å². The Morgan fingerprint density at radius 2 is 2.18 bits per heavy atom. The van der Waals surface area contributed by atoms with E-state index in [1.54, 1.807) is 11.0 Å². The van der Waals surface area contributed by atoms with Gasteiger partial charge in [0.1, 0.15) is 17.6 Å². The third kappa shape index (κ3) is 4.01. The van der Waals surface area contributed by atoms with Gasteiger partial charge in [0.25, 0.3) is 0 Å². The monoisotopic (exact) mass is 404 g/mol. The van der Waals surface area contributed by atoms with E-state index in [0.717, 1.165) is 12.0 Å². The van der Waals surface area contributed by atoms with Crippen molar-refractivity contribution in [2.75, 3.05) is 16.8 Å². The number of carboxylic acids is 1. The van der Waals surface area contributed by atoms with E-state index in [1.165, 1.54) is 6.07 Å². The average molecular weight is 405 g/mol. The van der Waals surface area contributed by atoms with E-state index in [0.29, 0.717) is 23.8 Å². The van der Waals surface area contributed by atoms with Crippen LogP contribution in [0.25, 0.3) is 0 Å². The van der Waals surface area contributed by atoms with Crippen molar-refractivity contribution < 1.29 is 19.4 Å². The highest BCUT2D eigenvalue weighted by molar-refractivity contribution is 6.29. The van der Waals surface area contributed by atoms with E-state index in [2.05, 4.69) is 15.3 Å². The van der Waals surface area contributed by atoms with E-state index in [-0.39, 0.29) is 22.9 Å². The number of aryl methyl sites for hydroxylation is 1. The summed E-state index contributed by atoms with van der Waals surface area (Å²) in [5.74, 6) is -0.661. The number of carboxylic acid groups (broad SMARTS) is 1. The summed E-state index contributed by atoms with van der Waals surface area (Å²) in [7, 11) is 0. The molecule has 148 valence electrons. The number of cyclic esters (lactones) is 1. The first-order valence-corrected chi connectivity index (χ1v) is 9.29. The number of halogens is 1. The molecular formula is C19H21ClN4O4. The van der Waals surface area contributed by atoms with Gasteiger partial charge in [0, 0.05) is 0 Å². The van der Waals surface area contributed by atoms with E-state index >= 15 is 0 Å². The summed E-state index contributed by atoms with van der Waals surface area (Å²) >= 11 is 5.81. The topological polar surface area (TPSA) is 105 Å². The van der Waals surface area contributed by atoms with Gasteiger partial charge in [-0.05, 0) is 50.1 Å². The van der Waals surface area contributed by atoms with Gasteiger partial charge in [-0.25, -0.2) is 19.6 Å². The van der Waals surface area contributed by atoms with E-state index in [4.69, 9.17) is 16.3 Å². The van der Waals surface area contributed by atoms with Crippen LogP contribution in [0.2, 0.25) is 5.15 Å². The number of amides is 1. The summed E-state index contributed by atoms with van der Waals surface area (Å²) in [5.41, 5.74) is 1.76. The van der Waals surface area contributed by atoms with E-state index in [1.807, 2.05) is 32.9 Å². The number of anilines is 2. The fourth-order valence-corrected chi connectivity index (χ4v) is 3.23. The molecule has 2 aromatic rings. The molecule has 1 saturated heterocycles. The first-order chi connectivity index (χ1) is 13.3. The van der Waals surface area contributed by atoms with Crippen LogP contribution in [0.5, 0.6) is 0 Å². The molecular weight excluding hydrogens is 384 g/mol. The summed E-state index contributed by atoms with van der Waals surface area (Å²) in [6.07, 6.45) is 0.342. The number of hydrogen-bond acceptors (Lipinski definition) is 6. The predicted molar refractivity (Wildman–Crippen MR) is 105 cm³/mol. The zero-order valence-corrected chi connectivity index (χ0v) is 16.5. The summed E-state index contributed by atoms with van der Waals surface area (Å²) in [6, 6.07) is 6.40. The van der Waals surface area contributed by atoms with Crippen molar-refractivity contribution in [3.05, 3.63) is 46.4 Å². The van der Waals surface area contributed by atoms with Gasteiger partial charge in [-0.3, -0.25) is 4.90 Å². The minimum atomic E-state index is -1.18. The van der Waals surface area contributed by atoms with Gasteiger partial charge in [0.2, 0.25) is 0 Å². The van der Waals surface area contributed by atoms with Crippen LogP contribution in [0, 0.1) is 6.92 Å². The number of ether oxygens (including phenoxy) is 1.